The van der Waals surface area contributed by atoms with Crippen molar-refractivity contribution in [2.45, 2.75) is 0 Å². The average molecular weight is 644 g/mol. The molecule has 0 aliphatic heterocycles. The Kier molecular flexibility index (Phi) is 2300. The minimum atomic E-state index is 0. The summed E-state index contributed by atoms with van der Waals surface area (Å²) >= 11 is 0. The maximum atomic E-state index is 0. The average Bonchev–Trinajstić information content (AvgIpc) is 0. The molecule has 2 radical (unpaired) electrons. The molecule has 0 heterocycles. The van der Waals surface area contributed by atoms with Crippen LogP contribution < -0.4 is 0 Å². The van der Waals surface area contributed by atoms with Gasteiger partial charge in [-0.15, -0.1) is 0 Å². The van der Waals surface area contributed by atoms with Gasteiger partial charge in [0, 0.05) is 0 Å². The summed E-state index contributed by atoms with van der Waals surface area (Å²) in [4.78, 5) is 0. The first-order chi connectivity index (χ1) is 0. The third kappa shape index (κ3) is 140. The van der Waals surface area contributed by atoms with Crippen LogP contribution in [0.5, 0.6) is 0 Å². The Morgan fingerprint density at radius 3 is 0.231 bits per heavy atom. The van der Waals surface area contributed by atoms with Crippen molar-refractivity contribution in [1.29, 1.82) is 0 Å². The zero-order valence-electron chi connectivity index (χ0n) is 6.20. The van der Waals surface area contributed by atoms with Crippen LogP contribution in [0.4, 0.5) is 0 Å². The van der Waals surface area contributed by atoms with Crippen LogP contribution in [-0.4, -0.2) is 147 Å². The van der Waals surface area contributed by atoms with E-state index in [1.165, 1.54) is 0 Å². The first kappa shape index (κ1) is 189. The molecule has 0 bridgehead atoms. The minimum Gasteiger partial charge on any atom is -2.00 e. The molecule has 0 aromatic carbocycles. The molecule has 0 amide bonds. The Labute approximate surface area is 219 Å². The van der Waals surface area contributed by atoms with Gasteiger partial charge in [-0.3, -0.25) is 0 Å². The molecule has 0 spiro atoms. The molecule has 0 aromatic rings. The maximum Gasteiger partial charge on any atom is 5.00 e. The van der Waals surface area contributed by atoms with Crippen LogP contribution in [0.3, 0.4) is 0 Å². The summed E-state index contributed by atoms with van der Waals surface area (Å²) in [5.41, 5.74) is 0. The normalized spacial score (nSPS) is 0. The summed E-state index contributed by atoms with van der Waals surface area (Å²) in [7, 11) is 0. The summed E-state index contributed by atoms with van der Waals surface area (Å²) < 4.78 is 0. The molecular formula is Ba3Cr2O8. The SMILES string of the molecule is [Ba+2].[Ba+2].[Ba+2].[Cr+5].[Cr+5].[O-2].[O-2].[O-2].[O-2].[O-2].[O-2].[O-2].[O-2]. The van der Waals surface area contributed by atoms with Gasteiger partial charge in [0.15, 0.2) is 0 Å². The first-order valence-electron chi connectivity index (χ1n) is 0. The third-order valence-corrected chi connectivity index (χ3v) is 0. The summed E-state index contributed by atoms with van der Waals surface area (Å²) in [5.74, 6) is 0. The van der Waals surface area contributed by atoms with Crippen molar-refractivity contribution in [1.82, 2.24) is 0 Å². The van der Waals surface area contributed by atoms with Crippen LogP contribution in [0.25, 0.3) is 0 Å². The molecule has 0 aromatic heterocycles. The standard InChI is InChI=1S/3Ba.2Cr.8O/q3*+2;2*+5;8*-2. The Hall–Kier alpha value is 5.46. The second-order valence-electron chi connectivity index (χ2n) is 0. The van der Waals surface area contributed by atoms with E-state index >= 15 is 0 Å². The zero-order valence-corrected chi connectivity index (χ0v) is 22.1. The molecule has 0 N–H and O–H groups in total. The van der Waals surface area contributed by atoms with Gasteiger partial charge < -0.3 is 43.8 Å². The Bertz CT molecular complexity index is 17.4. The molecular weight excluding hydrogens is 644 g/mol. The summed E-state index contributed by atoms with van der Waals surface area (Å²) in [6.45, 7) is 0. The summed E-state index contributed by atoms with van der Waals surface area (Å²) in [6, 6.07) is 0. The smallest absolute Gasteiger partial charge is 2.00 e. The molecule has 0 fully saturated rings. The van der Waals surface area contributed by atoms with Crippen LogP contribution in [0.15, 0.2) is 0 Å². The van der Waals surface area contributed by atoms with E-state index in [1.807, 2.05) is 0 Å². The van der Waals surface area contributed by atoms with Crippen molar-refractivity contribution in [2.24, 2.45) is 0 Å². The minimum absolute atomic E-state index is 0. The molecule has 13 heteroatoms. The molecule has 13 heavy (non-hydrogen) atoms. The monoisotopic (exact) mass is 646 g/mol. The molecule has 0 saturated heterocycles. The molecule has 8 nitrogen and oxygen atoms in total. The van der Waals surface area contributed by atoms with Gasteiger partial charge in [0.1, 0.15) is 0 Å². The van der Waals surface area contributed by atoms with Crippen molar-refractivity contribution < 1.29 is 78.5 Å². The molecule has 0 aliphatic carbocycles. The fourth-order valence-electron chi connectivity index (χ4n) is 0. The topological polar surface area (TPSA) is 228 Å². The van der Waals surface area contributed by atoms with Crippen LogP contribution in [0.1, 0.15) is 0 Å². The maximum absolute atomic E-state index is 0. The van der Waals surface area contributed by atoms with Crippen molar-refractivity contribution >= 4 is 147 Å². The van der Waals surface area contributed by atoms with E-state index in [-0.39, 0.29) is 225 Å². The van der Waals surface area contributed by atoms with Gasteiger partial charge in [0.2, 0.25) is 0 Å². The van der Waals surface area contributed by atoms with Crippen LogP contribution in [-0.2, 0) is 78.5 Å². The predicted octanol–water partition coefficient (Wildman–Crippen LogP) is -2.10. The Morgan fingerprint density at radius 1 is 0.231 bits per heavy atom. The molecule has 0 unspecified atom stereocenters. The summed E-state index contributed by atoms with van der Waals surface area (Å²) in [5, 5.41) is 0. The largest absolute Gasteiger partial charge is 5.00 e. The van der Waals surface area contributed by atoms with Crippen molar-refractivity contribution in [3.05, 3.63) is 0 Å². The van der Waals surface area contributed by atoms with Gasteiger partial charge in [-0.1, -0.05) is 0 Å². The molecule has 0 rings (SSSR count). The quantitative estimate of drug-likeness (QED) is 0.259. The Morgan fingerprint density at radius 2 is 0.231 bits per heavy atom. The molecule has 0 saturated carbocycles. The molecule has 0 aliphatic rings. The van der Waals surface area contributed by atoms with Gasteiger partial charge >= 0.3 is 181 Å². The third-order valence-electron chi connectivity index (χ3n) is 0. The van der Waals surface area contributed by atoms with E-state index in [0.717, 1.165) is 0 Å². The summed E-state index contributed by atoms with van der Waals surface area (Å²) in [6.07, 6.45) is 0. The fraction of sp³-hybridized carbons (Fsp3) is 0. The molecule has 66 valence electrons. The van der Waals surface area contributed by atoms with Crippen LogP contribution >= 0.6 is 0 Å². The van der Waals surface area contributed by atoms with Crippen LogP contribution in [0.2, 0.25) is 0 Å². The number of hydrogen-bond donors (Lipinski definition) is 0. The van der Waals surface area contributed by atoms with Gasteiger partial charge in [0.25, 0.3) is 0 Å². The van der Waals surface area contributed by atoms with Crippen molar-refractivity contribution in [3.8, 4) is 0 Å². The second kappa shape index (κ2) is 159. The first-order valence-corrected chi connectivity index (χ1v) is 0. The second-order valence-corrected chi connectivity index (χ2v) is 0. The van der Waals surface area contributed by atoms with Gasteiger partial charge in [-0.25, -0.2) is 0 Å². The fourth-order valence-corrected chi connectivity index (χ4v) is 0. The van der Waals surface area contributed by atoms with Gasteiger partial charge in [0.05, 0.1) is 0 Å². The van der Waals surface area contributed by atoms with E-state index in [9.17, 15) is 0 Å². The zero-order chi connectivity index (χ0) is 0. The van der Waals surface area contributed by atoms with Crippen LogP contribution in [0, 0.1) is 0 Å². The van der Waals surface area contributed by atoms with E-state index in [1.54, 1.807) is 0 Å². The van der Waals surface area contributed by atoms with Gasteiger partial charge in [-0.05, 0) is 0 Å². The Balaban J connectivity index is 0. The van der Waals surface area contributed by atoms with Crippen molar-refractivity contribution in [2.75, 3.05) is 0 Å². The van der Waals surface area contributed by atoms with Crippen molar-refractivity contribution in [3.63, 3.8) is 0 Å². The van der Waals surface area contributed by atoms with E-state index < -0.39 is 0 Å². The molecule has 0 atom stereocenters. The van der Waals surface area contributed by atoms with E-state index in [2.05, 4.69) is 0 Å². The van der Waals surface area contributed by atoms with E-state index in [0.29, 0.717) is 0 Å². The van der Waals surface area contributed by atoms with Gasteiger partial charge in [-0.2, -0.15) is 0 Å². The number of rotatable bonds is 0. The van der Waals surface area contributed by atoms with E-state index in [4.69, 9.17) is 0 Å². The number of hydrogen-bond acceptors (Lipinski definition) is 0. The predicted molar refractivity (Wildman–Crippen MR) is 22.8 cm³/mol.